The maximum atomic E-state index is 11.5. The minimum absolute atomic E-state index is 0.245. The van der Waals surface area contributed by atoms with Crippen molar-refractivity contribution in [3.05, 3.63) is 29.3 Å². The first-order valence-electron chi connectivity index (χ1n) is 7.23. The first-order valence-corrected chi connectivity index (χ1v) is 7.23. The summed E-state index contributed by atoms with van der Waals surface area (Å²) in [6.45, 7) is 1.65. The van der Waals surface area contributed by atoms with Crippen LogP contribution in [0.2, 0.25) is 0 Å². The zero-order valence-electron chi connectivity index (χ0n) is 11.8. The molecule has 0 fully saturated rings. The summed E-state index contributed by atoms with van der Waals surface area (Å²) in [5.41, 5.74) is 2.30. The van der Waals surface area contributed by atoms with Crippen molar-refractivity contribution in [1.29, 1.82) is 0 Å². The van der Waals surface area contributed by atoms with Gasteiger partial charge in [0.2, 0.25) is 0 Å². The molecule has 110 valence electrons. The largest absolute Gasteiger partial charge is 0.424 e. The molecule has 0 heterocycles. The Kier molecular flexibility index (Phi) is 5.15. The van der Waals surface area contributed by atoms with Gasteiger partial charge in [-0.05, 0) is 62.1 Å². The molecule has 0 saturated heterocycles. The van der Waals surface area contributed by atoms with Gasteiger partial charge in [0, 0.05) is 6.61 Å². The van der Waals surface area contributed by atoms with E-state index in [1.165, 1.54) is 12.5 Å². The van der Waals surface area contributed by atoms with E-state index in [1.807, 2.05) is 6.07 Å². The Morgan fingerprint density at radius 3 is 3.00 bits per heavy atom. The van der Waals surface area contributed by atoms with Crippen molar-refractivity contribution in [2.75, 3.05) is 6.61 Å². The number of benzene rings is 1. The Balaban J connectivity index is 2.10. The topological polar surface area (TPSA) is 66.8 Å². The molecule has 0 aliphatic heterocycles. The summed E-state index contributed by atoms with van der Waals surface area (Å²) >= 11 is 0. The van der Waals surface area contributed by atoms with Crippen LogP contribution in [0.25, 0.3) is 0 Å². The molecule has 0 radical (unpaired) electrons. The fourth-order valence-electron chi connectivity index (χ4n) is 2.76. The van der Waals surface area contributed by atoms with Crippen LogP contribution in [0, 0.1) is 5.92 Å². The summed E-state index contributed by atoms with van der Waals surface area (Å²) in [6, 6.07) is 5.74. The van der Waals surface area contributed by atoms with Crippen molar-refractivity contribution in [2.24, 2.45) is 5.92 Å². The van der Waals surface area contributed by atoms with Crippen LogP contribution < -0.4 is 4.74 Å². The highest BCUT2D eigenvalue weighted by Gasteiger charge is 2.22. The maximum absolute atomic E-state index is 11.5. The van der Waals surface area contributed by atoms with E-state index in [-0.39, 0.29) is 6.61 Å². The van der Waals surface area contributed by atoms with Gasteiger partial charge in [-0.15, -0.1) is 0 Å². The molecular weight excluding hydrogens is 256 g/mol. The highest BCUT2D eigenvalue weighted by molar-refractivity contribution is 5.77. The van der Waals surface area contributed by atoms with Crippen LogP contribution in [-0.4, -0.2) is 28.9 Å². The van der Waals surface area contributed by atoms with E-state index in [0.717, 1.165) is 37.7 Å². The fraction of sp³-hybridized carbons (Fsp3) is 0.562. The average molecular weight is 278 g/mol. The van der Waals surface area contributed by atoms with E-state index < -0.39 is 12.1 Å². The van der Waals surface area contributed by atoms with Crippen molar-refractivity contribution in [3.63, 3.8) is 0 Å². The lowest BCUT2D eigenvalue weighted by molar-refractivity contribution is -0.142. The number of ether oxygens (including phenoxy) is 1. The monoisotopic (exact) mass is 278 g/mol. The number of fused-ring (bicyclic) bond motifs is 1. The molecule has 2 atom stereocenters. The molecule has 0 bridgehead atoms. The number of hydrogen-bond acceptors (Lipinski definition) is 4. The summed E-state index contributed by atoms with van der Waals surface area (Å²) in [5.74, 6) is 0.562. The molecule has 20 heavy (non-hydrogen) atoms. The van der Waals surface area contributed by atoms with Gasteiger partial charge in [-0.2, -0.15) is 0 Å². The molecule has 0 aromatic heterocycles. The number of rotatable bonds is 5. The number of carbonyl (C=O) groups is 1. The highest BCUT2D eigenvalue weighted by Crippen LogP contribution is 2.34. The van der Waals surface area contributed by atoms with E-state index in [0.29, 0.717) is 11.7 Å². The van der Waals surface area contributed by atoms with Gasteiger partial charge in [0.05, 0.1) is 0 Å². The molecule has 2 rings (SSSR count). The number of carbonyl (C=O) groups excluding carboxylic acids is 1. The smallest absolute Gasteiger partial charge is 0.340 e. The second-order valence-electron chi connectivity index (χ2n) is 5.47. The number of aliphatic hydroxyl groups excluding tert-OH is 2. The maximum Gasteiger partial charge on any atom is 0.340 e. The van der Waals surface area contributed by atoms with Crippen molar-refractivity contribution in [2.45, 2.75) is 45.1 Å². The third-order valence-electron chi connectivity index (χ3n) is 3.86. The summed E-state index contributed by atoms with van der Waals surface area (Å²) in [4.78, 5) is 11.5. The van der Waals surface area contributed by atoms with Gasteiger partial charge in [0.25, 0.3) is 0 Å². The molecule has 1 aliphatic carbocycles. The van der Waals surface area contributed by atoms with Crippen LogP contribution >= 0.6 is 0 Å². The summed E-state index contributed by atoms with van der Waals surface area (Å²) in [5, 5.41) is 18.1. The predicted molar refractivity (Wildman–Crippen MR) is 75.6 cm³/mol. The van der Waals surface area contributed by atoms with Gasteiger partial charge in [0.15, 0.2) is 0 Å². The third-order valence-corrected chi connectivity index (χ3v) is 3.86. The van der Waals surface area contributed by atoms with Crippen molar-refractivity contribution in [3.8, 4) is 5.75 Å². The van der Waals surface area contributed by atoms with E-state index >= 15 is 0 Å². The van der Waals surface area contributed by atoms with Crippen LogP contribution in [0.15, 0.2) is 18.2 Å². The molecule has 0 saturated carbocycles. The van der Waals surface area contributed by atoms with E-state index in [2.05, 4.69) is 6.07 Å². The zero-order chi connectivity index (χ0) is 14.5. The van der Waals surface area contributed by atoms with Gasteiger partial charge >= 0.3 is 5.97 Å². The quantitative estimate of drug-likeness (QED) is 0.637. The van der Waals surface area contributed by atoms with Crippen LogP contribution in [0.3, 0.4) is 0 Å². The fourth-order valence-corrected chi connectivity index (χ4v) is 2.76. The molecule has 1 aromatic rings. The number of esters is 1. The van der Waals surface area contributed by atoms with Crippen LogP contribution in [-0.2, 0) is 17.6 Å². The van der Waals surface area contributed by atoms with Gasteiger partial charge < -0.3 is 14.9 Å². The molecule has 4 heteroatoms. The number of hydrogen-bond donors (Lipinski definition) is 2. The Hall–Kier alpha value is -1.39. The molecule has 0 amide bonds. The van der Waals surface area contributed by atoms with E-state index in [4.69, 9.17) is 9.84 Å². The minimum Gasteiger partial charge on any atom is -0.424 e. The van der Waals surface area contributed by atoms with Crippen LogP contribution in [0.1, 0.15) is 37.3 Å². The summed E-state index contributed by atoms with van der Waals surface area (Å²) < 4.78 is 5.26. The third kappa shape index (κ3) is 3.58. The van der Waals surface area contributed by atoms with Gasteiger partial charge in [0.1, 0.15) is 11.9 Å². The average Bonchev–Trinajstić information content (AvgIpc) is 2.45. The standard InChI is InChI=1S/C16H22O4/c1-11(18)16(19)20-15-6-2-5-13-10-12(4-3-9-17)7-8-14(13)15/h2,5-6,11-12,17-18H,3-4,7-10H2,1H3. The van der Waals surface area contributed by atoms with Crippen LogP contribution in [0.5, 0.6) is 5.75 Å². The van der Waals surface area contributed by atoms with Gasteiger partial charge in [-0.25, -0.2) is 4.79 Å². The Labute approximate surface area is 119 Å². The van der Waals surface area contributed by atoms with E-state index in [9.17, 15) is 9.90 Å². The first kappa shape index (κ1) is 15.0. The lowest BCUT2D eigenvalue weighted by Gasteiger charge is -2.26. The number of aliphatic hydroxyl groups is 2. The Bertz CT molecular complexity index is 468. The molecular formula is C16H22O4. The first-order chi connectivity index (χ1) is 9.61. The molecule has 1 aromatic carbocycles. The lowest BCUT2D eigenvalue weighted by atomic mass is 9.81. The molecule has 2 unspecified atom stereocenters. The van der Waals surface area contributed by atoms with Crippen molar-refractivity contribution in [1.82, 2.24) is 0 Å². The second kappa shape index (κ2) is 6.86. The normalized spacial score (nSPS) is 19.2. The lowest BCUT2D eigenvalue weighted by Crippen LogP contribution is -2.23. The summed E-state index contributed by atoms with van der Waals surface area (Å²) in [7, 11) is 0. The molecule has 4 nitrogen and oxygen atoms in total. The van der Waals surface area contributed by atoms with Gasteiger partial charge in [-0.1, -0.05) is 12.1 Å². The highest BCUT2D eigenvalue weighted by atomic mass is 16.5. The SMILES string of the molecule is CC(O)C(=O)Oc1cccc2c1CCC(CCCO)C2. The molecule has 2 N–H and O–H groups in total. The van der Waals surface area contributed by atoms with Gasteiger partial charge in [-0.3, -0.25) is 0 Å². The van der Waals surface area contributed by atoms with Crippen LogP contribution in [0.4, 0.5) is 0 Å². The Morgan fingerprint density at radius 1 is 1.50 bits per heavy atom. The Morgan fingerprint density at radius 2 is 2.30 bits per heavy atom. The minimum atomic E-state index is -1.10. The van der Waals surface area contributed by atoms with E-state index in [1.54, 1.807) is 6.07 Å². The zero-order valence-corrected chi connectivity index (χ0v) is 11.8. The van der Waals surface area contributed by atoms with Crippen molar-refractivity contribution >= 4 is 5.97 Å². The predicted octanol–water partition coefficient (Wildman–Crippen LogP) is 1.85. The molecule has 0 spiro atoms. The van der Waals surface area contributed by atoms with Crippen molar-refractivity contribution < 1.29 is 19.7 Å². The molecule has 1 aliphatic rings. The summed E-state index contributed by atoms with van der Waals surface area (Å²) in [6.07, 6.45) is 3.68. The second-order valence-corrected chi connectivity index (χ2v) is 5.47.